The summed E-state index contributed by atoms with van der Waals surface area (Å²) in [5.41, 5.74) is 6.21. The van der Waals surface area contributed by atoms with Crippen molar-refractivity contribution in [1.82, 2.24) is 14.3 Å². The summed E-state index contributed by atoms with van der Waals surface area (Å²) in [6.45, 7) is 0.0823. The molecule has 0 bridgehead atoms. The van der Waals surface area contributed by atoms with Crippen molar-refractivity contribution in [3.05, 3.63) is 76.5 Å². The lowest BCUT2D eigenvalue weighted by atomic mass is 10.1. The fourth-order valence-corrected chi connectivity index (χ4v) is 2.23. The van der Waals surface area contributed by atoms with E-state index in [0.29, 0.717) is 16.9 Å². The standard InChI is InChI=1S/C16H13F3N4O/c17-16(18,19)12-3-1-11(2-4-12)9-23-15(24)22(10-21-23)14-7-5-13(20)6-8-14/h1-8,10H,9,20H2. The van der Waals surface area contributed by atoms with Gasteiger partial charge in [-0.15, -0.1) is 0 Å². The molecular weight excluding hydrogens is 321 g/mol. The van der Waals surface area contributed by atoms with E-state index in [0.717, 1.165) is 12.1 Å². The van der Waals surface area contributed by atoms with Crippen LogP contribution in [-0.4, -0.2) is 14.3 Å². The Bertz CT molecular complexity index is 893. The van der Waals surface area contributed by atoms with Crippen LogP contribution in [0.4, 0.5) is 18.9 Å². The zero-order valence-corrected chi connectivity index (χ0v) is 12.4. The topological polar surface area (TPSA) is 65.8 Å². The van der Waals surface area contributed by atoms with Gasteiger partial charge in [0.2, 0.25) is 0 Å². The second-order valence-corrected chi connectivity index (χ2v) is 5.23. The number of rotatable bonds is 3. The maximum Gasteiger partial charge on any atom is 0.416 e. The van der Waals surface area contributed by atoms with Gasteiger partial charge in [-0.25, -0.2) is 14.0 Å². The Morgan fingerprint density at radius 3 is 2.21 bits per heavy atom. The summed E-state index contributed by atoms with van der Waals surface area (Å²) in [6.07, 6.45) is -3.02. The summed E-state index contributed by atoms with van der Waals surface area (Å²) in [4.78, 5) is 12.3. The third kappa shape index (κ3) is 3.17. The molecule has 0 unspecified atom stereocenters. The third-order valence-corrected chi connectivity index (χ3v) is 3.52. The molecule has 1 aromatic heterocycles. The summed E-state index contributed by atoms with van der Waals surface area (Å²) in [5.74, 6) is 0. The number of aromatic nitrogens is 3. The van der Waals surface area contributed by atoms with Crippen LogP contribution in [0.2, 0.25) is 0 Å². The fraction of sp³-hybridized carbons (Fsp3) is 0.125. The van der Waals surface area contributed by atoms with Gasteiger partial charge in [0.1, 0.15) is 6.33 Å². The van der Waals surface area contributed by atoms with Gasteiger partial charge in [0.05, 0.1) is 17.8 Å². The lowest BCUT2D eigenvalue weighted by Crippen LogP contribution is -2.24. The van der Waals surface area contributed by atoms with Gasteiger partial charge in [-0.3, -0.25) is 0 Å². The lowest BCUT2D eigenvalue weighted by Gasteiger charge is -2.07. The normalized spacial score (nSPS) is 11.6. The molecule has 0 amide bonds. The second kappa shape index (κ2) is 5.88. The molecular formula is C16H13F3N4O. The minimum absolute atomic E-state index is 0.0823. The predicted octanol–water partition coefficient (Wildman–Crippen LogP) is 2.68. The molecule has 0 aliphatic heterocycles. The van der Waals surface area contributed by atoms with Gasteiger partial charge in [-0.2, -0.15) is 18.3 Å². The summed E-state index contributed by atoms with van der Waals surface area (Å²) < 4.78 is 40.2. The van der Waals surface area contributed by atoms with Crippen LogP contribution < -0.4 is 11.4 Å². The van der Waals surface area contributed by atoms with Crippen LogP contribution in [0.25, 0.3) is 5.69 Å². The largest absolute Gasteiger partial charge is 0.416 e. The average Bonchev–Trinajstić information content (AvgIpc) is 2.89. The molecule has 0 fully saturated rings. The van der Waals surface area contributed by atoms with E-state index >= 15 is 0 Å². The fourth-order valence-electron chi connectivity index (χ4n) is 2.23. The van der Waals surface area contributed by atoms with E-state index in [1.54, 1.807) is 24.3 Å². The zero-order valence-electron chi connectivity index (χ0n) is 12.4. The van der Waals surface area contributed by atoms with Crippen molar-refractivity contribution in [1.29, 1.82) is 0 Å². The maximum absolute atomic E-state index is 12.6. The molecule has 0 radical (unpaired) electrons. The number of anilines is 1. The minimum atomic E-state index is -4.38. The van der Waals surface area contributed by atoms with Gasteiger partial charge >= 0.3 is 11.9 Å². The van der Waals surface area contributed by atoms with Crippen LogP contribution in [0.15, 0.2) is 59.7 Å². The van der Waals surface area contributed by atoms with E-state index in [-0.39, 0.29) is 12.2 Å². The molecule has 2 N–H and O–H groups in total. The molecule has 3 rings (SSSR count). The first kappa shape index (κ1) is 15.9. The molecule has 124 valence electrons. The Labute approximate surface area is 134 Å². The number of hydrogen-bond acceptors (Lipinski definition) is 3. The van der Waals surface area contributed by atoms with Crippen molar-refractivity contribution in [2.75, 3.05) is 5.73 Å². The van der Waals surface area contributed by atoms with Gasteiger partial charge in [0.15, 0.2) is 0 Å². The molecule has 8 heteroatoms. The summed E-state index contributed by atoms with van der Waals surface area (Å²) in [7, 11) is 0. The predicted molar refractivity (Wildman–Crippen MR) is 82.8 cm³/mol. The van der Waals surface area contributed by atoms with E-state index < -0.39 is 11.7 Å². The Kier molecular flexibility index (Phi) is 3.88. The highest BCUT2D eigenvalue weighted by atomic mass is 19.4. The van der Waals surface area contributed by atoms with Gasteiger partial charge in [-0.1, -0.05) is 12.1 Å². The number of halogens is 3. The third-order valence-electron chi connectivity index (χ3n) is 3.52. The summed E-state index contributed by atoms with van der Waals surface area (Å²) >= 11 is 0. The monoisotopic (exact) mass is 334 g/mol. The first-order valence-electron chi connectivity index (χ1n) is 7.01. The molecule has 0 saturated heterocycles. The highest BCUT2D eigenvalue weighted by Crippen LogP contribution is 2.29. The van der Waals surface area contributed by atoms with E-state index in [1.165, 1.54) is 27.7 Å². The van der Waals surface area contributed by atoms with Crippen LogP contribution in [0, 0.1) is 0 Å². The summed E-state index contributed by atoms with van der Waals surface area (Å²) in [5, 5.41) is 3.99. The van der Waals surface area contributed by atoms with Crippen LogP contribution in [0.1, 0.15) is 11.1 Å². The van der Waals surface area contributed by atoms with Crippen LogP contribution in [-0.2, 0) is 12.7 Å². The van der Waals surface area contributed by atoms with Crippen molar-refractivity contribution in [2.45, 2.75) is 12.7 Å². The van der Waals surface area contributed by atoms with Crippen LogP contribution in [0.3, 0.4) is 0 Å². The van der Waals surface area contributed by atoms with Crippen molar-refractivity contribution >= 4 is 5.69 Å². The van der Waals surface area contributed by atoms with Crippen LogP contribution >= 0.6 is 0 Å². The number of nitrogens with zero attached hydrogens (tertiary/aromatic N) is 3. The first-order chi connectivity index (χ1) is 11.3. The van der Waals surface area contributed by atoms with Crippen LogP contribution in [0.5, 0.6) is 0 Å². The quantitative estimate of drug-likeness (QED) is 0.749. The highest BCUT2D eigenvalue weighted by Gasteiger charge is 2.29. The van der Waals surface area contributed by atoms with E-state index in [9.17, 15) is 18.0 Å². The molecule has 0 spiro atoms. The minimum Gasteiger partial charge on any atom is -0.399 e. The SMILES string of the molecule is Nc1ccc(-n2cnn(Cc3ccc(C(F)(F)F)cc3)c2=O)cc1. The number of hydrogen-bond donors (Lipinski definition) is 1. The Morgan fingerprint density at radius 2 is 1.62 bits per heavy atom. The molecule has 24 heavy (non-hydrogen) atoms. The molecule has 2 aromatic carbocycles. The molecule has 1 heterocycles. The second-order valence-electron chi connectivity index (χ2n) is 5.23. The first-order valence-corrected chi connectivity index (χ1v) is 7.01. The molecule has 3 aromatic rings. The number of alkyl halides is 3. The molecule has 0 saturated carbocycles. The Balaban J connectivity index is 1.84. The van der Waals surface area contributed by atoms with E-state index in [2.05, 4.69) is 5.10 Å². The molecule has 0 aliphatic rings. The highest BCUT2D eigenvalue weighted by molar-refractivity contribution is 5.44. The van der Waals surface area contributed by atoms with Crippen molar-refractivity contribution in [2.24, 2.45) is 0 Å². The molecule has 0 atom stereocenters. The number of nitrogens with two attached hydrogens (primary N) is 1. The molecule has 0 aliphatic carbocycles. The van der Waals surface area contributed by atoms with Crippen molar-refractivity contribution in [3.8, 4) is 5.69 Å². The van der Waals surface area contributed by atoms with E-state index in [1.807, 2.05) is 0 Å². The average molecular weight is 334 g/mol. The number of benzene rings is 2. The van der Waals surface area contributed by atoms with Gasteiger partial charge in [0.25, 0.3) is 0 Å². The Hall–Kier alpha value is -3.03. The smallest absolute Gasteiger partial charge is 0.399 e. The zero-order chi connectivity index (χ0) is 17.3. The van der Waals surface area contributed by atoms with Gasteiger partial charge < -0.3 is 5.73 Å². The van der Waals surface area contributed by atoms with Gasteiger partial charge in [0, 0.05) is 5.69 Å². The van der Waals surface area contributed by atoms with E-state index in [4.69, 9.17) is 5.73 Å². The lowest BCUT2D eigenvalue weighted by molar-refractivity contribution is -0.137. The Morgan fingerprint density at radius 1 is 1.00 bits per heavy atom. The van der Waals surface area contributed by atoms with Crippen molar-refractivity contribution in [3.63, 3.8) is 0 Å². The van der Waals surface area contributed by atoms with Gasteiger partial charge in [-0.05, 0) is 42.0 Å². The molecule has 5 nitrogen and oxygen atoms in total. The van der Waals surface area contributed by atoms with Crippen molar-refractivity contribution < 1.29 is 13.2 Å². The number of nitrogen functional groups attached to an aromatic ring is 1. The maximum atomic E-state index is 12.6. The summed E-state index contributed by atoms with van der Waals surface area (Å²) in [6, 6.07) is 11.3.